The molecule has 1 aromatic heterocycles. The molecule has 0 saturated heterocycles. The first-order valence-corrected chi connectivity index (χ1v) is 9.50. The number of thiocyanates is 1. The van der Waals surface area contributed by atoms with Gasteiger partial charge in [-0.15, -0.1) is 11.3 Å². The number of esters is 1. The van der Waals surface area contributed by atoms with Crippen LogP contribution in [0.2, 0.25) is 0 Å². The van der Waals surface area contributed by atoms with Gasteiger partial charge in [-0.25, -0.2) is 4.79 Å². The van der Waals surface area contributed by atoms with Crippen molar-refractivity contribution in [3.8, 4) is 16.9 Å². The summed E-state index contributed by atoms with van der Waals surface area (Å²) in [6.45, 7) is 3.65. The number of ether oxygens (including phenoxy) is 3. The number of carbonyl (C=O) groups excluding carboxylic acids is 2. The lowest BCUT2D eigenvalue weighted by Crippen LogP contribution is -2.14. The Morgan fingerprint density at radius 1 is 1.26 bits per heavy atom. The van der Waals surface area contributed by atoms with E-state index in [-0.39, 0.29) is 12.2 Å². The molecule has 0 unspecified atom stereocenters. The van der Waals surface area contributed by atoms with Crippen LogP contribution in [0, 0.1) is 17.6 Å². The first kappa shape index (κ1) is 20.6. The molecule has 0 bridgehead atoms. The minimum absolute atomic E-state index is 0.221. The van der Waals surface area contributed by atoms with Gasteiger partial charge in [0.2, 0.25) is 0 Å². The number of amides is 1. The van der Waals surface area contributed by atoms with Crippen LogP contribution in [0.4, 0.5) is 5.00 Å². The number of nitriles is 1. The molecule has 0 fully saturated rings. The van der Waals surface area contributed by atoms with E-state index in [9.17, 15) is 9.59 Å². The fourth-order valence-corrected chi connectivity index (χ4v) is 4.18. The maximum atomic E-state index is 12.9. The molecule has 1 amide bonds. The van der Waals surface area contributed by atoms with E-state index in [0.29, 0.717) is 31.8 Å². The van der Waals surface area contributed by atoms with E-state index in [4.69, 9.17) is 19.5 Å². The summed E-state index contributed by atoms with van der Waals surface area (Å²) in [6, 6.07) is 5.00. The number of thioether (sulfide) groups is 1. The van der Waals surface area contributed by atoms with Crippen molar-refractivity contribution in [2.24, 2.45) is 0 Å². The highest BCUT2D eigenvalue weighted by molar-refractivity contribution is 8.04. The molecule has 1 aromatic carbocycles. The maximum absolute atomic E-state index is 12.9. The van der Waals surface area contributed by atoms with Crippen LogP contribution in [0.25, 0.3) is 0 Å². The van der Waals surface area contributed by atoms with Crippen molar-refractivity contribution in [3.05, 3.63) is 34.2 Å². The molecule has 27 heavy (non-hydrogen) atoms. The van der Waals surface area contributed by atoms with Crippen molar-refractivity contribution in [2.75, 3.05) is 26.1 Å². The Morgan fingerprint density at radius 2 is 1.89 bits per heavy atom. The van der Waals surface area contributed by atoms with Crippen LogP contribution in [0.15, 0.2) is 23.1 Å². The van der Waals surface area contributed by atoms with Crippen LogP contribution in [0.3, 0.4) is 0 Å². The minimum Gasteiger partial charge on any atom is -0.496 e. The fourth-order valence-electron chi connectivity index (χ4n) is 2.38. The molecule has 0 spiro atoms. The van der Waals surface area contributed by atoms with Gasteiger partial charge in [0.25, 0.3) is 5.91 Å². The average molecular weight is 406 g/mol. The number of benzene rings is 1. The molecule has 1 heterocycles. The third-order valence-electron chi connectivity index (χ3n) is 3.58. The SMILES string of the molecule is CCOC(=O)c1sc(NC(=O)c2c(OC)cccc2OC)c(SC#N)c1C. The molecular formula is C18H18N2O5S2. The van der Waals surface area contributed by atoms with Gasteiger partial charge in [0.15, 0.2) is 0 Å². The zero-order chi connectivity index (χ0) is 20.0. The molecule has 2 aromatic rings. The highest BCUT2D eigenvalue weighted by atomic mass is 32.2. The molecule has 7 nitrogen and oxygen atoms in total. The quantitative estimate of drug-likeness (QED) is 0.420. The van der Waals surface area contributed by atoms with Gasteiger partial charge in [0.05, 0.1) is 25.7 Å². The number of methoxy groups -OCH3 is 2. The number of hydrogen-bond acceptors (Lipinski definition) is 8. The monoisotopic (exact) mass is 406 g/mol. The molecule has 0 radical (unpaired) electrons. The first-order chi connectivity index (χ1) is 13.0. The second-order valence-electron chi connectivity index (χ2n) is 5.12. The number of hydrogen-bond donors (Lipinski definition) is 1. The fraction of sp³-hybridized carbons (Fsp3) is 0.278. The highest BCUT2D eigenvalue weighted by Crippen LogP contribution is 2.41. The molecule has 0 aliphatic heterocycles. The van der Waals surface area contributed by atoms with E-state index in [1.807, 2.05) is 5.40 Å². The molecule has 0 aliphatic rings. The van der Waals surface area contributed by atoms with E-state index < -0.39 is 11.9 Å². The predicted octanol–water partition coefficient (Wildman–Crippen LogP) is 4.08. The van der Waals surface area contributed by atoms with E-state index in [1.165, 1.54) is 14.2 Å². The van der Waals surface area contributed by atoms with Crippen molar-refractivity contribution in [1.82, 2.24) is 0 Å². The zero-order valence-corrected chi connectivity index (χ0v) is 16.9. The molecular weight excluding hydrogens is 388 g/mol. The van der Waals surface area contributed by atoms with Crippen LogP contribution in [-0.4, -0.2) is 32.7 Å². The van der Waals surface area contributed by atoms with E-state index in [1.54, 1.807) is 32.0 Å². The summed E-state index contributed by atoms with van der Waals surface area (Å²) in [5, 5.41) is 14.2. The Kier molecular flexibility index (Phi) is 7.10. The summed E-state index contributed by atoms with van der Waals surface area (Å²) in [6.07, 6.45) is 0. The summed E-state index contributed by atoms with van der Waals surface area (Å²) >= 11 is 1.94. The molecule has 1 N–H and O–H groups in total. The topological polar surface area (TPSA) is 97.7 Å². The Hall–Kier alpha value is -2.70. The van der Waals surface area contributed by atoms with Crippen molar-refractivity contribution in [1.29, 1.82) is 5.26 Å². The van der Waals surface area contributed by atoms with E-state index >= 15 is 0 Å². The van der Waals surface area contributed by atoms with Gasteiger partial charge in [-0.2, -0.15) is 5.26 Å². The Bertz CT molecular complexity index is 880. The van der Waals surface area contributed by atoms with Gasteiger partial charge in [-0.3, -0.25) is 4.79 Å². The predicted molar refractivity (Wildman–Crippen MR) is 104 cm³/mol. The van der Waals surface area contributed by atoms with Crippen LogP contribution < -0.4 is 14.8 Å². The third-order valence-corrected chi connectivity index (χ3v) is 5.70. The van der Waals surface area contributed by atoms with Gasteiger partial charge >= 0.3 is 5.97 Å². The van der Waals surface area contributed by atoms with Crippen molar-refractivity contribution in [2.45, 2.75) is 18.7 Å². The average Bonchev–Trinajstić information content (AvgIpc) is 2.97. The maximum Gasteiger partial charge on any atom is 0.348 e. The number of carbonyl (C=O) groups is 2. The number of anilines is 1. The Labute approximate surface area is 165 Å². The summed E-state index contributed by atoms with van der Waals surface area (Å²) in [5.41, 5.74) is 0.812. The number of nitrogens with one attached hydrogen (secondary N) is 1. The first-order valence-electron chi connectivity index (χ1n) is 7.87. The molecule has 0 saturated carbocycles. The smallest absolute Gasteiger partial charge is 0.348 e. The van der Waals surface area contributed by atoms with Gasteiger partial charge < -0.3 is 19.5 Å². The van der Waals surface area contributed by atoms with Crippen molar-refractivity contribution >= 4 is 40.0 Å². The lowest BCUT2D eigenvalue weighted by atomic mass is 10.1. The van der Waals surface area contributed by atoms with Gasteiger partial charge in [0.1, 0.15) is 32.3 Å². The summed E-state index contributed by atoms with van der Waals surface area (Å²) in [7, 11) is 2.91. The second-order valence-corrected chi connectivity index (χ2v) is 6.94. The van der Waals surface area contributed by atoms with Crippen molar-refractivity contribution < 1.29 is 23.8 Å². The summed E-state index contributed by atoms with van der Waals surface area (Å²) < 4.78 is 15.6. The molecule has 0 atom stereocenters. The van der Waals surface area contributed by atoms with Crippen molar-refractivity contribution in [3.63, 3.8) is 0 Å². The standard InChI is InChI=1S/C18H18N2O5S2/c1-5-25-18(22)15-10(2)14(26-9-19)17(27-15)20-16(21)13-11(23-3)7-6-8-12(13)24-4/h6-8H,5H2,1-4H3,(H,20,21). The lowest BCUT2D eigenvalue weighted by molar-refractivity contribution is 0.0531. The van der Waals surface area contributed by atoms with Crippen LogP contribution in [-0.2, 0) is 4.74 Å². The third kappa shape index (κ3) is 4.35. The largest absolute Gasteiger partial charge is 0.496 e. The van der Waals surface area contributed by atoms with Crippen LogP contribution in [0.1, 0.15) is 32.5 Å². The number of rotatable bonds is 7. The molecule has 0 aliphatic carbocycles. The van der Waals surface area contributed by atoms with Gasteiger partial charge in [-0.1, -0.05) is 6.07 Å². The normalized spacial score (nSPS) is 10.0. The summed E-state index contributed by atoms with van der Waals surface area (Å²) in [5.74, 6) is -0.267. The van der Waals surface area contributed by atoms with Gasteiger partial charge in [-0.05, 0) is 43.3 Å². The minimum atomic E-state index is -0.491. The second kappa shape index (κ2) is 9.30. The lowest BCUT2D eigenvalue weighted by Gasteiger charge is -2.12. The highest BCUT2D eigenvalue weighted by Gasteiger charge is 2.25. The molecule has 142 valence electrons. The number of thiophene rings is 1. The summed E-state index contributed by atoms with van der Waals surface area (Å²) in [4.78, 5) is 25.9. The zero-order valence-electron chi connectivity index (χ0n) is 15.2. The molecule has 2 rings (SSSR count). The van der Waals surface area contributed by atoms with E-state index in [0.717, 1.165) is 23.1 Å². The Balaban J connectivity index is 2.45. The Morgan fingerprint density at radius 3 is 2.41 bits per heavy atom. The van der Waals surface area contributed by atoms with Crippen LogP contribution in [0.5, 0.6) is 11.5 Å². The van der Waals surface area contributed by atoms with Crippen LogP contribution >= 0.6 is 23.1 Å². The van der Waals surface area contributed by atoms with E-state index in [2.05, 4.69) is 5.32 Å². The van der Waals surface area contributed by atoms with Gasteiger partial charge in [0, 0.05) is 0 Å². The molecule has 9 heteroatoms. The number of nitrogens with zero attached hydrogens (tertiary/aromatic N) is 1.